The molecule has 2 atom stereocenters. The molecule has 1 heterocycles. The van der Waals surface area contributed by atoms with Crippen LogP contribution in [0.2, 0.25) is 0 Å². The van der Waals surface area contributed by atoms with Gasteiger partial charge in [-0.05, 0) is 55.7 Å². The first kappa shape index (κ1) is 16.5. The zero-order valence-electron chi connectivity index (χ0n) is 13.1. The highest BCUT2D eigenvalue weighted by atomic mass is 79.9. The van der Waals surface area contributed by atoms with E-state index in [4.69, 9.17) is 5.11 Å². The molecule has 3 rings (SSSR count). The van der Waals surface area contributed by atoms with Gasteiger partial charge in [0.25, 0.3) is 0 Å². The molecule has 2 fully saturated rings. The number of hydrogen-bond donors (Lipinski definition) is 1. The Hall–Kier alpha value is -1.36. The van der Waals surface area contributed by atoms with Crippen molar-refractivity contribution in [2.24, 2.45) is 11.8 Å². The zero-order valence-corrected chi connectivity index (χ0v) is 14.7. The fraction of sp³-hybridized carbons (Fsp3) is 0.556. The average molecular weight is 380 g/mol. The molecule has 23 heavy (non-hydrogen) atoms. The number of hydrogen-bond acceptors (Lipinski definition) is 2. The molecule has 0 spiro atoms. The topological polar surface area (TPSA) is 57.6 Å². The Morgan fingerprint density at radius 2 is 1.61 bits per heavy atom. The Morgan fingerprint density at radius 1 is 1.00 bits per heavy atom. The fourth-order valence-electron chi connectivity index (χ4n) is 3.86. The first-order valence-corrected chi connectivity index (χ1v) is 9.11. The molecule has 0 aromatic heterocycles. The summed E-state index contributed by atoms with van der Waals surface area (Å²) in [4.78, 5) is 25.6. The van der Waals surface area contributed by atoms with Crippen LogP contribution in [-0.2, 0) is 9.59 Å². The summed E-state index contributed by atoms with van der Waals surface area (Å²) in [6.07, 6.45) is 3.86. The number of carbonyl (C=O) groups excluding carboxylic acids is 1. The molecule has 0 radical (unpaired) electrons. The van der Waals surface area contributed by atoms with Crippen molar-refractivity contribution in [1.29, 1.82) is 0 Å². The lowest BCUT2D eigenvalue weighted by Crippen LogP contribution is -2.41. The van der Waals surface area contributed by atoms with Crippen LogP contribution in [0.5, 0.6) is 0 Å². The SMILES string of the molecule is O=C(O)[C@@H]1CC[C@H](C(=O)N2CCC(c3ccc(Br)cc3)CC2)C1. The lowest BCUT2D eigenvalue weighted by atomic mass is 9.89. The molecule has 124 valence electrons. The minimum atomic E-state index is -0.755. The molecule has 5 heteroatoms. The Bertz CT molecular complexity index is 578. The number of benzene rings is 1. The standard InChI is InChI=1S/C18H22BrNO3/c19-16-5-3-12(4-6-16)13-7-9-20(10-8-13)17(21)14-1-2-15(11-14)18(22)23/h3-6,13-15H,1-2,7-11H2,(H,22,23)/t14-,15+/m0/s1. The number of amides is 1. The summed E-state index contributed by atoms with van der Waals surface area (Å²) >= 11 is 3.46. The largest absolute Gasteiger partial charge is 0.481 e. The quantitative estimate of drug-likeness (QED) is 0.871. The maximum atomic E-state index is 12.6. The second kappa shape index (κ2) is 7.04. The predicted octanol–water partition coefficient (Wildman–Crippen LogP) is 3.66. The fourth-order valence-corrected chi connectivity index (χ4v) is 4.12. The van der Waals surface area contributed by atoms with Gasteiger partial charge in [-0.15, -0.1) is 0 Å². The van der Waals surface area contributed by atoms with Crippen molar-refractivity contribution in [3.63, 3.8) is 0 Å². The summed E-state index contributed by atoms with van der Waals surface area (Å²) in [5.74, 6) is -0.482. The molecule has 1 aromatic carbocycles. The smallest absolute Gasteiger partial charge is 0.306 e. The summed E-state index contributed by atoms with van der Waals surface area (Å²) in [5.41, 5.74) is 1.34. The van der Waals surface area contributed by atoms with Crippen LogP contribution in [0, 0.1) is 11.8 Å². The van der Waals surface area contributed by atoms with E-state index in [-0.39, 0.29) is 17.7 Å². The first-order valence-electron chi connectivity index (χ1n) is 8.31. The third kappa shape index (κ3) is 3.77. The lowest BCUT2D eigenvalue weighted by molar-refractivity contribution is -0.141. The normalized spacial score (nSPS) is 25.5. The van der Waals surface area contributed by atoms with Crippen LogP contribution in [0.25, 0.3) is 0 Å². The molecule has 4 nitrogen and oxygen atoms in total. The summed E-state index contributed by atoms with van der Waals surface area (Å²) in [6.45, 7) is 1.57. The van der Waals surface area contributed by atoms with Gasteiger partial charge < -0.3 is 10.0 Å². The van der Waals surface area contributed by atoms with E-state index in [9.17, 15) is 9.59 Å². The number of carboxylic acids is 1. The molecule has 1 saturated heterocycles. The van der Waals surface area contributed by atoms with Crippen molar-refractivity contribution in [1.82, 2.24) is 4.90 Å². The first-order chi connectivity index (χ1) is 11.0. The third-order valence-corrected chi connectivity index (χ3v) is 5.81. The number of piperidine rings is 1. The van der Waals surface area contributed by atoms with Crippen LogP contribution in [0.3, 0.4) is 0 Å². The second-order valence-corrected chi connectivity index (χ2v) is 7.61. The molecule has 0 bridgehead atoms. The summed E-state index contributed by atoms with van der Waals surface area (Å²) in [5, 5.41) is 9.08. The highest BCUT2D eigenvalue weighted by Crippen LogP contribution is 2.34. The summed E-state index contributed by atoms with van der Waals surface area (Å²) in [7, 11) is 0. The van der Waals surface area contributed by atoms with Crippen molar-refractivity contribution in [2.45, 2.75) is 38.0 Å². The van der Waals surface area contributed by atoms with Crippen molar-refractivity contribution in [3.05, 3.63) is 34.3 Å². The lowest BCUT2D eigenvalue weighted by Gasteiger charge is -2.34. The van der Waals surface area contributed by atoms with Gasteiger partial charge in [0.15, 0.2) is 0 Å². The van der Waals surface area contributed by atoms with Gasteiger partial charge in [0.05, 0.1) is 5.92 Å². The highest BCUT2D eigenvalue weighted by Gasteiger charge is 2.36. The molecule has 1 N–H and O–H groups in total. The second-order valence-electron chi connectivity index (χ2n) is 6.70. The average Bonchev–Trinajstić information content (AvgIpc) is 3.05. The monoisotopic (exact) mass is 379 g/mol. The Labute approximate surface area is 145 Å². The van der Waals surface area contributed by atoms with Crippen molar-refractivity contribution < 1.29 is 14.7 Å². The zero-order chi connectivity index (χ0) is 16.4. The van der Waals surface area contributed by atoms with Crippen molar-refractivity contribution in [3.8, 4) is 0 Å². The van der Waals surface area contributed by atoms with Crippen LogP contribution in [-0.4, -0.2) is 35.0 Å². The number of rotatable bonds is 3. The van der Waals surface area contributed by atoms with Gasteiger partial charge in [0.2, 0.25) is 5.91 Å². The van der Waals surface area contributed by atoms with Crippen molar-refractivity contribution >= 4 is 27.8 Å². The van der Waals surface area contributed by atoms with E-state index in [1.54, 1.807) is 0 Å². The molecule has 1 aliphatic heterocycles. The molecule has 0 unspecified atom stereocenters. The minimum Gasteiger partial charge on any atom is -0.481 e. The van der Waals surface area contributed by atoms with Gasteiger partial charge >= 0.3 is 5.97 Å². The highest BCUT2D eigenvalue weighted by molar-refractivity contribution is 9.10. The van der Waals surface area contributed by atoms with E-state index < -0.39 is 5.97 Å². The van der Waals surface area contributed by atoms with E-state index in [2.05, 4.69) is 40.2 Å². The third-order valence-electron chi connectivity index (χ3n) is 5.28. The van der Waals surface area contributed by atoms with Crippen molar-refractivity contribution in [2.75, 3.05) is 13.1 Å². The van der Waals surface area contributed by atoms with Crippen LogP contribution in [0.1, 0.15) is 43.6 Å². The maximum Gasteiger partial charge on any atom is 0.306 e. The Balaban J connectivity index is 1.53. The summed E-state index contributed by atoms with van der Waals surface area (Å²) < 4.78 is 1.09. The van der Waals surface area contributed by atoms with Gasteiger partial charge in [-0.2, -0.15) is 0 Å². The van der Waals surface area contributed by atoms with Gasteiger partial charge in [0, 0.05) is 23.5 Å². The number of aliphatic carboxylic acids is 1. The maximum absolute atomic E-state index is 12.6. The van der Waals surface area contributed by atoms with Gasteiger partial charge in [-0.1, -0.05) is 28.1 Å². The Kier molecular flexibility index (Phi) is 5.05. The van der Waals surface area contributed by atoms with Crippen LogP contribution in [0.15, 0.2) is 28.7 Å². The molecule has 1 aromatic rings. The molecule has 2 aliphatic rings. The minimum absolute atomic E-state index is 0.0830. The summed E-state index contributed by atoms with van der Waals surface area (Å²) in [6, 6.07) is 8.44. The van der Waals surface area contributed by atoms with Gasteiger partial charge in [0.1, 0.15) is 0 Å². The van der Waals surface area contributed by atoms with E-state index in [0.717, 1.165) is 36.8 Å². The molecule has 1 aliphatic carbocycles. The van der Waals surface area contributed by atoms with E-state index >= 15 is 0 Å². The molecular formula is C18H22BrNO3. The number of halogens is 1. The van der Waals surface area contributed by atoms with Crippen LogP contribution in [0.4, 0.5) is 0 Å². The van der Waals surface area contributed by atoms with Gasteiger partial charge in [-0.25, -0.2) is 0 Å². The van der Waals surface area contributed by atoms with E-state index in [0.29, 0.717) is 18.8 Å². The molecule has 1 saturated carbocycles. The number of carboxylic acid groups (broad SMARTS) is 1. The number of likely N-dealkylation sites (tertiary alicyclic amines) is 1. The predicted molar refractivity (Wildman–Crippen MR) is 91.2 cm³/mol. The number of nitrogens with zero attached hydrogens (tertiary/aromatic N) is 1. The van der Waals surface area contributed by atoms with E-state index in [1.165, 1.54) is 5.56 Å². The van der Waals surface area contributed by atoms with Gasteiger partial charge in [-0.3, -0.25) is 9.59 Å². The molecule has 1 amide bonds. The van der Waals surface area contributed by atoms with Crippen LogP contribution < -0.4 is 0 Å². The van der Waals surface area contributed by atoms with Crippen LogP contribution >= 0.6 is 15.9 Å². The molecular weight excluding hydrogens is 358 g/mol. The van der Waals surface area contributed by atoms with E-state index in [1.807, 2.05) is 4.90 Å². The number of carbonyl (C=O) groups is 2. The Morgan fingerprint density at radius 3 is 2.17 bits per heavy atom.